The van der Waals surface area contributed by atoms with Crippen molar-refractivity contribution in [2.24, 2.45) is 0 Å². The molecule has 0 aliphatic carbocycles. The van der Waals surface area contributed by atoms with Crippen LogP contribution in [0.2, 0.25) is 0 Å². The number of nitriles is 1. The molecule has 5 nitrogen and oxygen atoms in total. The molecular formula is C12H6N4OS. The number of nitrogens with zero attached hydrogens (tertiary/aromatic N) is 4. The van der Waals surface area contributed by atoms with Crippen LogP contribution in [-0.2, 0) is 0 Å². The van der Waals surface area contributed by atoms with Crippen LogP contribution in [0.1, 0.15) is 5.56 Å². The van der Waals surface area contributed by atoms with E-state index in [0.717, 1.165) is 10.4 Å². The van der Waals surface area contributed by atoms with E-state index in [1.54, 1.807) is 29.9 Å². The predicted octanol–water partition coefficient (Wildman–Crippen LogP) is 2.73. The topological polar surface area (TPSA) is 75.6 Å². The normalized spacial score (nSPS) is 10.2. The fourth-order valence-electron chi connectivity index (χ4n) is 1.44. The quantitative estimate of drug-likeness (QED) is 0.702. The van der Waals surface area contributed by atoms with E-state index in [2.05, 4.69) is 21.3 Å². The van der Waals surface area contributed by atoms with Crippen LogP contribution in [0.3, 0.4) is 0 Å². The van der Waals surface area contributed by atoms with Crippen LogP contribution >= 0.6 is 11.3 Å². The molecule has 3 aromatic rings. The van der Waals surface area contributed by atoms with Crippen molar-refractivity contribution in [1.29, 1.82) is 5.26 Å². The molecule has 0 atom stereocenters. The molecule has 0 saturated carbocycles. The van der Waals surface area contributed by atoms with E-state index in [-0.39, 0.29) is 0 Å². The lowest BCUT2D eigenvalue weighted by molar-refractivity contribution is 0.586. The molecule has 86 valence electrons. The third-order valence-electron chi connectivity index (χ3n) is 2.27. The minimum absolute atomic E-state index is 0.417. The van der Waals surface area contributed by atoms with Gasteiger partial charge >= 0.3 is 0 Å². The maximum atomic E-state index is 8.76. The summed E-state index contributed by atoms with van der Waals surface area (Å²) in [4.78, 5) is 4.78. The first-order valence-electron chi connectivity index (χ1n) is 5.10. The fourth-order valence-corrected chi connectivity index (χ4v) is 2.19. The number of pyridine rings is 1. The van der Waals surface area contributed by atoms with Crippen LogP contribution < -0.4 is 0 Å². The average Bonchev–Trinajstić information content (AvgIpc) is 3.08. The van der Waals surface area contributed by atoms with E-state index >= 15 is 0 Å². The summed E-state index contributed by atoms with van der Waals surface area (Å²) >= 11 is 1.40. The Balaban J connectivity index is 1.97. The first-order valence-corrected chi connectivity index (χ1v) is 5.97. The minimum Gasteiger partial charge on any atom is -0.415 e. The molecule has 3 aromatic heterocycles. The lowest BCUT2D eigenvalue weighted by Gasteiger charge is -1.91. The van der Waals surface area contributed by atoms with Crippen LogP contribution in [0.4, 0.5) is 0 Å². The molecule has 0 fully saturated rings. The summed E-state index contributed by atoms with van der Waals surface area (Å²) in [5.74, 6) is 0.838. The van der Waals surface area contributed by atoms with Gasteiger partial charge in [0, 0.05) is 17.8 Å². The summed E-state index contributed by atoms with van der Waals surface area (Å²) < 4.78 is 5.55. The van der Waals surface area contributed by atoms with Crippen molar-refractivity contribution in [3.8, 4) is 28.3 Å². The summed E-state index contributed by atoms with van der Waals surface area (Å²) in [6.07, 6.45) is 3.34. The van der Waals surface area contributed by atoms with Gasteiger partial charge < -0.3 is 4.42 Å². The van der Waals surface area contributed by atoms with Crippen molar-refractivity contribution in [3.05, 3.63) is 41.5 Å². The Morgan fingerprint density at radius 2 is 2.17 bits per heavy atom. The van der Waals surface area contributed by atoms with Crippen LogP contribution in [-0.4, -0.2) is 15.2 Å². The Morgan fingerprint density at radius 1 is 1.28 bits per heavy atom. The summed E-state index contributed by atoms with van der Waals surface area (Å²) in [6, 6.07) is 7.44. The highest BCUT2D eigenvalue weighted by Crippen LogP contribution is 2.28. The number of aromatic nitrogens is 3. The average molecular weight is 254 g/mol. The zero-order valence-corrected chi connectivity index (χ0v) is 9.89. The van der Waals surface area contributed by atoms with Crippen molar-refractivity contribution >= 4 is 11.3 Å². The number of hydrogen-bond acceptors (Lipinski definition) is 6. The Kier molecular flexibility index (Phi) is 2.59. The van der Waals surface area contributed by atoms with E-state index in [0.29, 0.717) is 17.3 Å². The van der Waals surface area contributed by atoms with Crippen molar-refractivity contribution in [2.75, 3.05) is 0 Å². The predicted molar refractivity (Wildman–Crippen MR) is 65.6 cm³/mol. The lowest BCUT2D eigenvalue weighted by Crippen LogP contribution is -1.78. The van der Waals surface area contributed by atoms with E-state index < -0.39 is 0 Å². The molecule has 0 radical (unpaired) electrons. The summed E-state index contributed by atoms with van der Waals surface area (Å²) in [7, 11) is 0. The van der Waals surface area contributed by atoms with Crippen molar-refractivity contribution in [2.45, 2.75) is 0 Å². The van der Waals surface area contributed by atoms with Gasteiger partial charge in [-0.05, 0) is 18.2 Å². The van der Waals surface area contributed by atoms with Crippen LogP contribution in [0.5, 0.6) is 0 Å². The second kappa shape index (κ2) is 4.39. The molecule has 3 rings (SSSR count). The molecule has 0 aromatic carbocycles. The van der Waals surface area contributed by atoms with Crippen molar-refractivity contribution in [1.82, 2.24) is 15.2 Å². The van der Waals surface area contributed by atoms with Crippen LogP contribution in [0.15, 0.2) is 40.4 Å². The molecule has 0 unspecified atom stereocenters. The van der Waals surface area contributed by atoms with Crippen molar-refractivity contribution < 1.29 is 4.42 Å². The van der Waals surface area contributed by atoms with Gasteiger partial charge in [-0.15, -0.1) is 21.5 Å². The number of rotatable bonds is 2. The Morgan fingerprint density at radius 3 is 2.89 bits per heavy atom. The zero-order chi connectivity index (χ0) is 12.4. The highest BCUT2D eigenvalue weighted by Gasteiger charge is 2.12. The molecule has 6 heteroatoms. The highest BCUT2D eigenvalue weighted by atomic mass is 32.1. The lowest BCUT2D eigenvalue weighted by atomic mass is 10.3. The van der Waals surface area contributed by atoms with Gasteiger partial charge in [0.1, 0.15) is 6.07 Å². The number of hydrogen-bond donors (Lipinski definition) is 0. The maximum Gasteiger partial charge on any atom is 0.258 e. The first-order chi connectivity index (χ1) is 8.86. The third kappa shape index (κ3) is 1.87. The molecular weight excluding hydrogens is 248 g/mol. The SMILES string of the molecule is N#Cc1csc(-c2nnc(-c3cccnc3)o2)c1. The highest BCUT2D eigenvalue weighted by molar-refractivity contribution is 7.13. The van der Waals surface area contributed by atoms with E-state index in [1.165, 1.54) is 11.3 Å². The molecule has 0 bridgehead atoms. The Labute approximate surface area is 106 Å². The molecule has 0 amide bonds. The largest absolute Gasteiger partial charge is 0.415 e. The molecule has 3 heterocycles. The van der Waals surface area contributed by atoms with Gasteiger partial charge in [0.25, 0.3) is 5.89 Å². The van der Waals surface area contributed by atoms with E-state index in [9.17, 15) is 0 Å². The van der Waals surface area contributed by atoms with Gasteiger partial charge in [0.15, 0.2) is 0 Å². The zero-order valence-electron chi connectivity index (χ0n) is 9.07. The standard InChI is InChI=1S/C12H6N4OS/c13-5-8-4-10(18-7-8)12-16-15-11(17-12)9-2-1-3-14-6-9/h1-4,6-7H. The summed E-state index contributed by atoms with van der Waals surface area (Å²) in [5.41, 5.74) is 1.37. The van der Waals surface area contributed by atoms with E-state index in [4.69, 9.17) is 9.68 Å². The second-order valence-electron chi connectivity index (χ2n) is 3.47. The van der Waals surface area contributed by atoms with Gasteiger partial charge in [0.2, 0.25) is 5.89 Å². The molecule has 0 aliphatic heterocycles. The van der Waals surface area contributed by atoms with E-state index in [1.807, 2.05) is 6.07 Å². The molecule has 0 N–H and O–H groups in total. The summed E-state index contributed by atoms with van der Waals surface area (Å²) in [5, 5.41) is 18.4. The van der Waals surface area contributed by atoms with Gasteiger partial charge in [-0.25, -0.2) is 0 Å². The maximum absolute atomic E-state index is 8.76. The van der Waals surface area contributed by atoms with Crippen LogP contribution in [0, 0.1) is 11.3 Å². The van der Waals surface area contributed by atoms with Crippen LogP contribution in [0.25, 0.3) is 22.2 Å². The number of thiophene rings is 1. The summed E-state index contributed by atoms with van der Waals surface area (Å²) in [6.45, 7) is 0. The fraction of sp³-hybridized carbons (Fsp3) is 0. The molecule has 0 aliphatic rings. The van der Waals surface area contributed by atoms with Gasteiger partial charge in [-0.1, -0.05) is 0 Å². The minimum atomic E-state index is 0.417. The van der Waals surface area contributed by atoms with Gasteiger partial charge in [-0.2, -0.15) is 5.26 Å². The van der Waals surface area contributed by atoms with Crippen molar-refractivity contribution in [3.63, 3.8) is 0 Å². The smallest absolute Gasteiger partial charge is 0.258 e. The molecule has 0 saturated heterocycles. The third-order valence-corrected chi connectivity index (χ3v) is 3.19. The monoisotopic (exact) mass is 254 g/mol. The van der Waals surface area contributed by atoms with Gasteiger partial charge in [-0.3, -0.25) is 4.98 Å². The molecule has 18 heavy (non-hydrogen) atoms. The van der Waals surface area contributed by atoms with Gasteiger partial charge in [0.05, 0.1) is 16.0 Å². The molecule has 0 spiro atoms. The Bertz CT molecular complexity index is 711. The first kappa shape index (κ1) is 10.6. The Hall–Kier alpha value is -2.52. The second-order valence-corrected chi connectivity index (χ2v) is 4.38.